The van der Waals surface area contributed by atoms with Gasteiger partial charge in [-0.2, -0.15) is 0 Å². The highest BCUT2D eigenvalue weighted by atomic mass is 35.5. The average Bonchev–Trinajstić information content (AvgIpc) is 2.22. The third-order valence-electron chi connectivity index (χ3n) is 2.06. The first-order chi connectivity index (χ1) is 7.93. The van der Waals surface area contributed by atoms with Crippen LogP contribution in [0, 0.1) is 0 Å². The van der Waals surface area contributed by atoms with E-state index in [0.29, 0.717) is 22.3 Å². The Morgan fingerprint density at radius 3 is 2.22 bits per heavy atom. The van der Waals surface area contributed by atoms with E-state index >= 15 is 0 Å². The van der Waals surface area contributed by atoms with Crippen LogP contribution in [-0.2, 0) is 11.3 Å². The topological polar surface area (TPSA) is 58.4 Å². The van der Waals surface area contributed by atoms with Crippen LogP contribution in [0.1, 0.15) is 5.56 Å². The first-order valence-corrected chi connectivity index (χ1v) is 5.82. The predicted octanol–water partition coefficient (Wildman–Crippen LogP) is 2.37. The molecule has 0 heterocycles. The highest BCUT2D eigenvalue weighted by Gasteiger charge is 2.11. The molecule has 1 rings (SSSR count). The summed E-state index contributed by atoms with van der Waals surface area (Å²) in [6.07, 6.45) is 0. The molecule has 0 spiro atoms. The number of carbonyl (C=O) groups excluding carboxylic acids is 1. The van der Waals surface area contributed by atoms with Crippen LogP contribution in [0.2, 0.25) is 10.0 Å². The third kappa shape index (κ3) is 5.00. The van der Waals surface area contributed by atoms with Crippen LogP contribution in [0.25, 0.3) is 0 Å². The van der Waals surface area contributed by atoms with Gasteiger partial charge in [-0.1, -0.05) is 23.2 Å². The van der Waals surface area contributed by atoms with E-state index in [1.807, 2.05) is 0 Å². The lowest BCUT2D eigenvalue weighted by atomic mass is 10.2. The smallest absolute Gasteiger partial charge is 0.238 e. The van der Waals surface area contributed by atoms with E-state index in [4.69, 9.17) is 28.9 Å². The summed E-state index contributed by atoms with van der Waals surface area (Å²) < 4.78 is 0. The highest BCUT2D eigenvalue weighted by Crippen LogP contribution is 2.31. The summed E-state index contributed by atoms with van der Waals surface area (Å²) in [7, 11) is 3.61. The number of carbonyl (C=O) groups is 1. The Labute approximate surface area is 123 Å². The summed E-state index contributed by atoms with van der Waals surface area (Å²) in [6.45, 7) is 0.622. The van der Waals surface area contributed by atoms with Gasteiger partial charge in [0.05, 0.1) is 22.3 Å². The summed E-state index contributed by atoms with van der Waals surface area (Å²) in [6, 6.07) is 3.39. The molecule has 1 amide bonds. The molecule has 0 fully saturated rings. The predicted molar refractivity (Wildman–Crippen MR) is 78.8 cm³/mol. The van der Waals surface area contributed by atoms with Crippen LogP contribution in [0.15, 0.2) is 12.1 Å². The fourth-order valence-electron chi connectivity index (χ4n) is 1.33. The van der Waals surface area contributed by atoms with Gasteiger partial charge in [-0.05, 0) is 31.8 Å². The van der Waals surface area contributed by atoms with Gasteiger partial charge in [-0.25, -0.2) is 0 Å². The summed E-state index contributed by atoms with van der Waals surface area (Å²) in [5.74, 6) is -0.167. The minimum atomic E-state index is -0.167. The molecule has 0 radical (unpaired) electrons. The summed E-state index contributed by atoms with van der Waals surface area (Å²) in [5, 5.41) is 3.46. The number of rotatable bonds is 4. The van der Waals surface area contributed by atoms with E-state index in [2.05, 4.69) is 5.32 Å². The van der Waals surface area contributed by atoms with Gasteiger partial charge in [-0.3, -0.25) is 4.79 Å². The fraction of sp³-hybridized carbons (Fsp3) is 0.364. The Kier molecular flexibility index (Phi) is 7.59. The molecule has 0 aliphatic rings. The second-order valence-corrected chi connectivity index (χ2v) is 4.74. The van der Waals surface area contributed by atoms with Gasteiger partial charge in [0.25, 0.3) is 0 Å². The molecule has 0 saturated carbocycles. The van der Waals surface area contributed by atoms with Crippen molar-refractivity contribution >= 4 is 47.2 Å². The van der Waals surface area contributed by atoms with E-state index in [9.17, 15) is 4.79 Å². The zero-order valence-electron chi connectivity index (χ0n) is 10.2. The lowest BCUT2D eigenvalue weighted by Gasteiger charge is -2.13. The van der Waals surface area contributed by atoms with Crippen molar-refractivity contribution in [3.8, 4) is 0 Å². The second kappa shape index (κ2) is 7.81. The highest BCUT2D eigenvalue weighted by molar-refractivity contribution is 6.39. The minimum absolute atomic E-state index is 0. The summed E-state index contributed by atoms with van der Waals surface area (Å²) in [4.78, 5) is 13.3. The zero-order chi connectivity index (χ0) is 13.0. The number of likely N-dealkylation sites (N-methyl/N-ethyl adjacent to an activating group) is 1. The van der Waals surface area contributed by atoms with Gasteiger partial charge < -0.3 is 16.0 Å². The van der Waals surface area contributed by atoms with Gasteiger partial charge in [-0.15, -0.1) is 12.4 Å². The molecule has 1 aromatic rings. The van der Waals surface area contributed by atoms with Crippen molar-refractivity contribution in [1.82, 2.24) is 4.90 Å². The Morgan fingerprint density at radius 1 is 1.33 bits per heavy atom. The van der Waals surface area contributed by atoms with Gasteiger partial charge in [0.2, 0.25) is 5.91 Å². The van der Waals surface area contributed by atoms with Gasteiger partial charge in [0.15, 0.2) is 0 Å². The first kappa shape index (κ1) is 17.5. The molecule has 102 valence electrons. The van der Waals surface area contributed by atoms with Crippen molar-refractivity contribution in [2.24, 2.45) is 5.73 Å². The average molecular weight is 313 g/mol. The third-order valence-corrected chi connectivity index (χ3v) is 2.66. The molecule has 0 unspecified atom stereocenters. The maximum Gasteiger partial charge on any atom is 0.238 e. The zero-order valence-corrected chi connectivity index (χ0v) is 12.5. The van der Waals surface area contributed by atoms with E-state index in [-0.39, 0.29) is 24.9 Å². The Balaban J connectivity index is 0.00000289. The molecule has 7 heteroatoms. The summed E-state index contributed by atoms with van der Waals surface area (Å²) in [5.41, 5.74) is 6.75. The van der Waals surface area contributed by atoms with Crippen molar-refractivity contribution in [2.75, 3.05) is 26.0 Å². The lowest BCUT2D eigenvalue weighted by Crippen LogP contribution is -2.27. The standard InChI is InChI=1S/C11H15Cl2N3O.ClH/c1-16(2)6-10(17)15-11-8(12)3-7(5-14)4-9(11)13;/h3-4H,5-6,14H2,1-2H3,(H,15,17);1H. The monoisotopic (exact) mass is 311 g/mol. The number of hydrogen-bond acceptors (Lipinski definition) is 3. The Bertz CT molecular complexity index is 401. The Hall–Kier alpha value is -0.520. The number of benzene rings is 1. The molecule has 0 aliphatic carbocycles. The van der Waals surface area contributed by atoms with Crippen LogP contribution in [-0.4, -0.2) is 31.4 Å². The SMILES string of the molecule is CN(C)CC(=O)Nc1c(Cl)cc(CN)cc1Cl.Cl. The second-order valence-electron chi connectivity index (χ2n) is 3.92. The quantitative estimate of drug-likeness (QED) is 0.897. The van der Waals surface area contributed by atoms with Crippen molar-refractivity contribution in [3.05, 3.63) is 27.7 Å². The molecule has 3 N–H and O–H groups in total. The van der Waals surface area contributed by atoms with E-state index in [0.717, 1.165) is 5.56 Å². The summed E-state index contributed by atoms with van der Waals surface area (Å²) >= 11 is 12.1. The van der Waals surface area contributed by atoms with Crippen LogP contribution in [0.4, 0.5) is 5.69 Å². The molecule has 0 aliphatic heterocycles. The molecule has 18 heavy (non-hydrogen) atoms. The normalized spacial score (nSPS) is 10.1. The molecule has 0 saturated heterocycles. The first-order valence-electron chi connectivity index (χ1n) is 5.06. The molecular formula is C11H16Cl3N3O. The molecule has 1 aromatic carbocycles. The van der Waals surface area contributed by atoms with Crippen LogP contribution in [0.5, 0.6) is 0 Å². The maximum atomic E-state index is 11.6. The van der Waals surface area contributed by atoms with E-state index in [1.165, 1.54) is 0 Å². The number of amides is 1. The van der Waals surface area contributed by atoms with Crippen LogP contribution in [0.3, 0.4) is 0 Å². The number of nitrogens with zero attached hydrogens (tertiary/aromatic N) is 1. The number of nitrogens with one attached hydrogen (secondary N) is 1. The van der Waals surface area contributed by atoms with Crippen LogP contribution < -0.4 is 11.1 Å². The van der Waals surface area contributed by atoms with Crippen molar-refractivity contribution < 1.29 is 4.79 Å². The number of anilines is 1. The van der Waals surface area contributed by atoms with Crippen molar-refractivity contribution in [1.29, 1.82) is 0 Å². The fourth-order valence-corrected chi connectivity index (χ4v) is 1.96. The van der Waals surface area contributed by atoms with Gasteiger partial charge in [0, 0.05) is 6.54 Å². The largest absolute Gasteiger partial charge is 0.326 e. The molecule has 0 atom stereocenters. The van der Waals surface area contributed by atoms with E-state index in [1.54, 1.807) is 31.1 Å². The molecule has 0 bridgehead atoms. The van der Waals surface area contributed by atoms with Gasteiger partial charge in [0.1, 0.15) is 0 Å². The van der Waals surface area contributed by atoms with E-state index < -0.39 is 0 Å². The molecule has 4 nitrogen and oxygen atoms in total. The minimum Gasteiger partial charge on any atom is -0.326 e. The van der Waals surface area contributed by atoms with Gasteiger partial charge >= 0.3 is 0 Å². The molecular weight excluding hydrogens is 296 g/mol. The Morgan fingerprint density at radius 2 is 1.83 bits per heavy atom. The van der Waals surface area contributed by atoms with Crippen molar-refractivity contribution in [2.45, 2.75) is 6.54 Å². The maximum absolute atomic E-state index is 11.6. The number of hydrogen-bond donors (Lipinski definition) is 2. The number of halogens is 3. The van der Waals surface area contributed by atoms with Crippen molar-refractivity contribution in [3.63, 3.8) is 0 Å². The lowest BCUT2D eigenvalue weighted by molar-refractivity contribution is -0.116. The molecule has 0 aromatic heterocycles. The van der Waals surface area contributed by atoms with Crippen LogP contribution >= 0.6 is 35.6 Å². The number of nitrogens with two attached hydrogens (primary N) is 1.